The van der Waals surface area contributed by atoms with Crippen LogP contribution in [0, 0.1) is 5.82 Å². The van der Waals surface area contributed by atoms with Crippen LogP contribution in [-0.2, 0) is 0 Å². The predicted octanol–water partition coefficient (Wildman–Crippen LogP) is 3.91. The Labute approximate surface area is 89.2 Å². The number of hydrogen-bond donors (Lipinski definition) is 1. The number of aromatic hydroxyl groups is 1. The molecule has 0 unspecified atom stereocenters. The molecule has 0 amide bonds. The number of rotatable bonds is 1. The fourth-order valence-corrected chi connectivity index (χ4v) is 1.84. The van der Waals surface area contributed by atoms with Gasteiger partial charge in [0.2, 0.25) is 0 Å². The lowest BCUT2D eigenvalue weighted by Gasteiger charge is -2.08. The maximum Gasteiger partial charge on any atom is 0.446 e. The van der Waals surface area contributed by atoms with Gasteiger partial charge < -0.3 is 5.11 Å². The van der Waals surface area contributed by atoms with Crippen LogP contribution in [0.1, 0.15) is 0 Å². The molecule has 1 aromatic rings. The number of benzene rings is 1. The van der Waals surface area contributed by atoms with Gasteiger partial charge in [-0.3, -0.25) is 0 Å². The van der Waals surface area contributed by atoms with Gasteiger partial charge >= 0.3 is 5.51 Å². The molecule has 0 atom stereocenters. The van der Waals surface area contributed by atoms with Crippen molar-refractivity contribution in [3.63, 3.8) is 0 Å². The smallest absolute Gasteiger partial charge is 0.446 e. The molecule has 1 nitrogen and oxygen atoms in total. The Morgan fingerprint density at radius 1 is 1.29 bits per heavy atom. The molecule has 1 N–H and O–H groups in total. The van der Waals surface area contributed by atoms with Crippen molar-refractivity contribution in [2.24, 2.45) is 0 Å². The maximum absolute atomic E-state index is 12.8. The average molecular weight is 291 g/mol. The van der Waals surface area contributed by atoms with Gasteiger partial charge in [-0.25, -0.2) is 4.39 Å². The largest absolute Gasteiger partial charge is 0.508 e. The van der Waals surface area contributed by atoms with E-state index in [9.17, 15) is 17.6 Å². The summed E-state index contributed by atoms with van der Waals surface area (Å²) >= 11 is 2.17. The van der Waals surface area contributed by atoms with E-state index in [-0.39, 0.29) is 4.47 Å². The topological polar surface area (TPSA) is 20.2 Å². The van der Waals surface area contributed by atoms with Gasteiger partial charge in [-0.1, -0.05) is 0 Å². The molecular weight excluding hydrogens is 288 g/mol. The molecule has 0 spiro atoms. The Hall–Kier alpha value is -0.430. The van der Waals surface area contributed by atoms with Crippen molar-refractivity contribution < 1.29 is 22.7 Å². The zero-order valence-electron chi connectivity index (χ0n) is 6.40. The van der Waals surface area contributed by atoms with Gasteiger partial charge in [-0.15, -0.1) is 0 Å². The molecule has 0 aliphatic rings. The van der Waals surface area contributed by atoms with Crippen LogP contribution >= 0.6 is 27.7 Å². The van der Waals surface area contributed by atoms with Crippen LogP contribution in [0.4, 0.5) is 17.6 Å². The Bertz CT molecular complexity index is 352. The predicted molar refractivity (Wildman–Crippen MR) is 47.7 cm³/mol. The van der Waals surface area contributed by atoms with E-state index in [1.165, 1.54) is 0 Å². The highest BCUT2D eigenvalue weighted by Crippen LogP contribution is 2.42. The average Bonchev–Trinajstić information content (AvgIpc) is 1.96. The van der Waals surface area contributed by atoms with Gasteiger partial charge in [0.05, 0.1) is 4.47 Å². The normalized spacial score (nSPS) is 11.8. The van der Waals surface area contributed by atoms with Gasteiger partial charge in [0.15, 0.2) is 0 Å². The number of thioether (sulfide) groups is 1. The van der Waals surface area contributed by atoms with Gasteiger partial charge in [0.1, 0.15) is 11.6 Å². The van der Waals surface area contributed by atoms with Crippen molar-refractivity contribution in [1.82, 2.24) is 0 Å². The standard InChI is InChI=1S/C7H3BrF4OS/c8-6-4(9)1-3(13)2-5(6)14-7(10,11)12/h1-2,13H. The Morgan fingerprint density at radius 3 is 2.36 bits per heavy atom. The van der Waals surface area contributed by atoms with E-state index in [1.807, 2.05) is 0 Å². The first kappa shape index (κ1) is 11.6. The molecule has 1 rings (SSSR count). The second-order valence-electron chi connectivity index (χ2n) is 2.29. The fourth-order valence-electron chi connectivity index (χ4n) is 0.749. The summed E-state index contributed by atoms with van der Waals surface area (Å²) in [5.41, 5.74) is -4.51. The molecule has 0 saturated carbocycles. The highest BCUT2D eigenvalue weighted by molar-refractivity contribution is 9.10. The van der Waals surface area contributed by atoms with E-state index in [4.69, 9.17) is 5.11 Å². The quantitative estimate of drug-likeness (QED) is 0.625. The Kier molecular flexibility index (Phi) is 3.31. The lowest BCUT2D eigenvalue weighted by atomic mass is 10.3. The zero-order valence-corrected chi connectivity index (χ0v) is 8.80. The molecule has 0 saturated heterocycles. The summed E-state index contributed by atoms with van der Waals surface area (Å²) in [6.45, 7) is 0. The third-order valence-corrected chi connectivity index (χ3v) is 3.05. The van der Waals surface area contributed by atoms with Crippen LogP contribution < -0.4 is 0 Å². The molecule has 0 fully saturated rings. The van der Waals surface area contributed by atoms with Crippen molar-refractivity contribution in [3.05, 3.63) is 22.4 Å². The summed E-state index contributed by atoms with van der Waals surface area (Å²) in [5, 5.41) is 8.87. The van der Waals surface area contributed by atoms with Crippen LogP contribution in [-0.4, -0.2) is 10.6 Å². The SMILES string of the molecule is Oc1cc(F)c(Br)c(SC(F)(F)F)c1. The van der Waals surface area contributed by atoms with Crippen LogP contribution in [0.25, 0.3) is 0 Å². The summed E-state index contributed by atoms with van der Waals surface area (Å²) in [5.74, 6) is -1.48. The summed E-state index contributed by atoms with van der Waals surface area (Å²) in [6.07, 6.45) is 0. The first-order valence-electron chi connectivity index (χ1n) is 3.23. The molecule has 78 valence electrons. The van der Waals surface area contributed by atoms with Crippen LogP contribution in [0.3, 0.4) is 0 Å². The van der Waals surface area contributed by atoms with Crippen LogP contribution in [0.5, 0.6) is 5.75 Å². The molecule has 0 radical (unpaired) electrons. The third-order valence-electron chi connectivity index (χ3n) is 1.21. The first-order valence-corrected chi connectivity index (χ1v) is 4.84. The maximum atomic E-state index is 12.8. The highest BCUT2D eigenvalue weighted by atomic mass is 79.9. The van der Waals surface area contributed by atoms with E-state index < -0.39 is 33.7 Å². The van der Waals surface area contributed by atoms with Gasteiger partial charge in [-0.05, 0) is 33.8 Å². The number of alkyl halides is 3. The number of phenols is 1. The minimum atomic E-state index is -4.51. The summed E-state index contributed by atoms with van der Waals surface area (Å²) in [4.78, 5) is -0.407. The Morgan fingerprint density at radius 2 is 1.86 bits per heavy atom. The number of halogens is 5. The molecule has 0 aliphatic carbocycles. The van der Waals surface area contributed by atoms with Crippen molar-refractivity contribution in [2.75, 3.05) is 0 Å². The second-order valence-corrected chi connectivity index (χ2v) is 4.19. The monoisotopic (exact) mass is 290 g/mol. The molecular formula is C7H3BrF4OS. The molecule has 0 aliphatic heterocycles. The second kappa shape index (κ2) is 3.98. The lowest BCUT2D eigenvalue weighted by molar-refractivity contribution is -0.0328. The van der Waals surface area contributed by atoms with E-state index >= 15 is 0 Å². The van der Waals surface area contributed by atoms with Gasteiger partial charge in [0.25, 0.3) is 0 Å². The van der Waals surface area contributed by atoms with Crippen LogP contribution in [0.2, 0.25) is 0 Å². The van der Waals surface area contributed by atoms with Crippen molar-refractivity contribution in [1.29, 1.82) is 0 Å². The summed E-state index contributed by atoms with van der Waals surface area (Å²) in [7, 11) is 0. The zero-order chi connectivity index (χ0) is 10.9. The number of phenolic OH excluding ortho intramolecular Hbond substituents is 1. The summed E-state index contributed by atoms with van der Waals surface area (Å²) in [6, 6.07) is 1.57. The lowest BCUT2D eigenvalue weighted by Crippen LogP contribution is -1.99. The molecule has 14 heavy (non-hydrogen) atoms. The minimum absolute atomic E-state index is 0.308. The minimum Gasteiger partial charge on any atom is -0.508 e. The molecule has 1 aromatic carbocycles. The molecule has 0 heterocycles. The van der Waals surface area contributed by atoms with Gasteiger partial charge in [-0.2, -0.15) is 13.2 Å². The molecule has 0 bridgehead atoms. The van der Waals surface area contributed by atoms with E-state index in [1.54, 1.807) is 0 Å². The van der Waals surface area contributed by atoms with E-state index in [0.717, 1.165) is 12.1 Å². The van der Waals surface area contributed by atoms with Crippen LogP contribution in [0.15, 0.2) is 21.5 Å². The first-order chi connectivity index (χ1) is 6.29. The van der Waals surface area contributed by atoms with Crippen molar-refractivity contribution in [2.45, 2.75) is 10.4 Å². The van der Waals surface area contributed by atoms with E-state index in [0.29, 0.717) is 0 Å². The summed E-state index contributed by atoms with van der Waals surface area (Å²) < 4.78 is 48.3. The Balaban J connectivity index is 3.09. The van der Waals surface area contributed by atoms with Crippen molar-refractivity contribution in [3.8, 4) is 5.75 Å². The molecule has 0 aromatic heterocycles. The van der Waals surface area contributed by atoms with Gasteiger partial charge in [0, 0.05) is 11.0 Å². The fraction of sp³-hybridized carbons (Fsp3) is 0.143. The van der Waals surface area contributed by atoms with E-state index in [2.05, 4.69) is 15.9 Å². The van der Waals surface area contributed by atoms with Crippen molar-refractivity contribution >= 4 is 27.7 Å². The number of hydrogen-bond acceptors (Lipinski definition) is 2. The third kappa shape index (κ3) is 3.06. The highest BCUT2D eigenvalue weighted by Gasteiger charge is 2.31. The molecule has 7 heteroatoms.